The van der Waals surface area contributed by atoms with Crippen molar-refractivity contribution in [2.75, 3.05) is 41.1 Å². The van der Waals surface area contributed by atoms with E-state index < -0.39 is 41.1 Å². The van der Waals surface area contributed by atoms with E-state index in [4.69, 9.17) is 33.9 Å². The van der Waals surface area contributed by atoms with Gasteiger partial charge in [0.25, 0.3) is 5.91 Å². The summed E-state index contributed by atoms with van der Waals surface area (Å²) in [6.07, 6.45) is 5.21. The third-order valence-corrected chi connectivity index (χ3v) is 7.56. The first-order chi connectivity index (χ1) is 22.8. The van der Waals surface area contributed by atoms with Crippen molar-refractivity contribution in [3.05, 3.63) is 60.2 Å². The van der Waals surface area contributed by atoms with Gasteiger partial charge in [-0.1, -0.05) is 24.8 Å². The van der Waals surface area contributed by atoms with Gasteiger partial charge in [0, 0.05) is 12.6 Å². The molecule has 0 saturated carbocycles. The fourth-order valence-corrected chi connectivity index (χ4v) is 5.01. The lowest BCUT2D eigenvalue weighted by molar-refractivity contribution is -0.159. The zero-order valence-electron chi connectivity index (χ0n) is 28.1. The number of hydrogen-bond acceptors (Lipinski definition) is 10. The maximum Gasteiger partial charge on any atom is 0.341 e. The number of hydrogen-bond donors (Lipinski definition) is 2. The molecule has 0 spiro atoms. The van der Waals surface area contributed by atoms with Gasteiger partial charge in [0.2, 0.25) is 11.5 Å². The predicted molar refractivity (Wildman–Crippen MR) is 175 cm³/mol. The minimum atomic E-state index is -1.23. The van der Waals surface area contributed by atoms with Crippen molar-refractivity contribution in [3.8, 4) is 23.0 Å². The third-order valence-electron chi connectivity index (χ3n) is 7.56. The number of rotatable bonds is 16. The van der Waals surface area contributed by atoms with Gasteiger partial charge < -0.3 is 38.8 Å². The molecule has 48 heavy (non-hydrogen) atoms. The summed E-state index contributed by atoms with van der Waals surface area (Å²) in [5.41, 5.74) is 0.909. The molecule has 1 amide bonds. The standard InChI is InChI=1S/C20H24O6.C15H21NO6/c1-23-17-11-10-15(19(24-2)20(17)25-3)8-4-6-14-7-5-9-16(12-14)26-13-18(21)22;1-4-11(17)22-9-15(2,3)12(18)13(19)16-8-6-5-7-10(16)14(20)21/h5,7,9-12H,4,6,8,13H2,1-3H3,(H,21,22);4,10H,1,5-9H2,2-3H3,(H,20,21). The maximum absolute atomic E-state index is 12.3. The second kappa shape index (κ2) is 18.9. The number of carbonyl (C=O) groups is 5. The van der Waals surface area contributed by atoms with Crippen molar-refractivity contribution in [2.24, 2.45) is 5.41 Å². The highest BCUT2D eigenvalue weighted by molar-refractivity contribution is 6.38. The second-order valence-corrected chi connectivity index (χ2v) is 11.6. The average molecular weight is 672 g/mol. The highest BCUT2D eigenvalue weighted by atomic mass is 16.5. The van der Waals surface area contributed by atoms with E-state index in [0.29, 0.717) is 42.3 Å². The van der Waals surface area contributed by atoms with Gasteiger partial charge in [-0.3, -0.25) is 9.59 Å². The predicted octanol–water partition coefficient (Wildman–Crippen LogP) is 4.13. The SMILES string of the molecule is C=CC(=O)OCC(C)(C)C(=O)C(=O)N1CCCCC1C(=O)O.COc1ccc(CCCc2cccc(OCC(=O)O)c2)c(OC)c1OC. The lowest BCUT2D eigenvalue weighted by atomic mass is 9.87. The molecule has 13 nitrogen and oxygen atoms in total. The number of amides is 1. The van der Waals surface area contributed by atoms with Gasteiger partial charge in [-0.2, -0.15) is 0 Å². The quantitative estimate of drug-likeness (QED) is 0.149. The van der Waals surface area contributed by atoms with E-state index in [0.717, 1.165) is 41.4 Å². The number of piperidine rings is 1. The monoisotopic (exact) mass is 671 g/mol. The molecule has 1 heterocycles. The topological polar surface area (TPSA) is 175 Å². The molecule has 1 unspecified atom stereocenters. The highest BCUT2D eigenvalue weighted by Gasteiger charge is 2.41. The number of carboxylic acids is 2. The maximum atomic E-state index is 12.3. The molecule has 0 aliphatic carbocycles. The largest absolute Gasteiger partial charge is 0.493 e. The van der Waals surface area contributed by atoms with Gasteiger partial charge in [0.15, 0.2) is 18.1 Å². The summed E-state index contributed by atoms with van der Waals surface area (Å²) in [6, 6.07) is 10.4. The van der Waals surface area contributed by atoms with Crippen LogP contribution >= 0.6 is 0 Å². The van der Waals surface area contributed by atoms with Gasteiger partial charge in [-0.05, 0) is 81.7 Å². The molecule has 1 aliphatic rings. The van der Waals surface area contributed by atoms with Crippen LogP contribution < -0.4 is 18.9 Å². The van der Waals surface area contributed by atoms with E-state index >= 15 is 0 Å². The van der Waals surface area contributed by atoms with Gasteiger partial charge in [0.05, 0.1) is 26.7 Å². The number of carbonyl (C=O) groups excluding carboxylic acids is 3. The van der Waals surface area contributed by atoms with E-state index in [-0.39, 0.29) is 19.8 Å². The third kappa shape index (κ3) is 11.3. The van der Waals surface area contributed by atoms with Crippen molar-refractivity contribution in [2.45, 2.75) is 58.4 Å². The fraction of sp³-hybridized carbons (Fsp3) is 0.457. The van der Waals surface area contributed by atoms with Crippen LogP contribution in [0.4, 0.5) is 0 Å². The number of likely N-dealkylation sites (tertiary alicyclic amines) is 1. The van der Waals surface area contributed by atoms with Crippen molar-refractivity contribution in [1.82, 2.24) is 4.90 Å². The second-order valence-electron chi connectivity index (χ2n) is 11.6. The molecule has 1 fully saturated rings. The number of aliphatic carboxylic acids is 2. The Kier molecular flexibility index (Phi) is 15.4. The van der Waals surface area contributed by atoms with Crippen LogP contribution in [-0.4, -0.2) is 91.8 Å². The van der Waals surface area contributed by atoms with Crippen LogP contribution in [0, 0.1) is 5.41 Å². The summed E-state index contributed by atoms with van der Waals surface area (Å²) in [5.74, 6) is -1.92. The van der Waals surface area contributed by atoms with Crippen molar-refractivity contribution in [1.29, 1.82) is 0 Å². The lowest BCUT2D eigenvalue weighted by Gasteiger charge is -2.34. The molecule has 1 saturated heterocycles. The Hall–Kier alpha value is -5.07. The zero-order valence-corrected chi connectivity index (χ0v) is 28.1. The smallest absolute Gasteiger partial charge is 0.341 e. The van der Waals surface area contributed by atoms with E-state index in [1.54, 1.807) is 27.4 Å². The summed E-state index contributed by atoms with van der Waals surface area (Å²) in [7, 11) is 4.80. The van der Waals surface area contributed by atoms with E-state index in [1.807, 2.05) is 30.3 Å². The number of benzene rings is 2. The first kappa shape index (κ1) is 39.1. The Morgan fingerprint density at radius 1 is 0.958 bits per heavy atom. The summed E-state index contributed by atoms with van der Waals surface area (Å²) in [4.78, 5) is 58.6. The zero-order chi connectivity index (χ0) is 35.9. The number of methoxy groups -OCH3 is 3. The Labute approximate surface area is 280 Å². The first-order valence-corrected chi connectivity index (χ1v) is 15.4. The Morgan fingerprint density at radius 2 is 1.67 bits per heavy atom. The molecule has 3 rings (SSSR count). The molecular weight excluding hydrogens is 626 g/mol. The van der Waals surface area contributed by atoms with Crippen LogP contribution in [0.15, 0.2) is 49.1 Å². The van der Waals surface area contributed by atoms with E-state index in [9.17, 15) is 24.0 Å². The Morgan fingerprint density at radius 3 is 2.27 bits per heavy atom. The number of ether oxygens (including phenoxy) is 5. The van der Waals surface area contributed by atoms with E-state index in [1.165, 1.54) is 13.8 Å². The molecule has 1 aliphatic heterocycles. The number of aryl methyl sites for hydroxylation is 2. The molecule has 13 heteroatoms. The fourth-order valence-electron chi connectivity index (χ4n) is 5.01. The molecule has 0 aromatic heterocycles. The van der Waals surface area contributed by atoms with Gasteiger partial charge >= 0.3 is 17.9 Å². The molecule has 2 aromatic carbocycles. The lowest BCUT2D eigenvalue weighted by Crippen LogP contribution is -2.53. The van der Waals surface area contributed by atoms with Crippen LogP contribution in [0.3, 0.4) is 0 Å². The number of nitrogens with zero attached hydrogens (tertiary/aromatic N) is 1. The van der Waals surface area contributed by atoms with Crippen LogP contribution in [-0.2, 0) is 41.6 Å². The van der Waals surface area contributed by atoms with Crippen LogP contribution in [0.5, 0.6) is 23.0 Å². The normalized spacial score (nSPS) is 14.0. The van der Waals surface area contributed by atoms with Crippen molar-refractivity contribution in [3.63, 3.8) is 0 Å². The van der Waals surface area contributed by atoms with Crippen LogP contribution in [0.25, 0.3) is 0 Å². The number of carboxylic acid groups (broad SMARTS) is 2. The Bertz CT molecular complexity index is 1450. The summed E-state index contributed by atoms with van der Waals surface area (Å²) in [6.45, 7) is 5.82. The molecule has 0 bridgehead atoms. The number of ketones is 1. The van der Waals surface area contributed by atoms with Gasteiger partial charge in [-0.25, -0.2) is 14.4 Å². The molecule has 262 valence electrons. The minimum absolute atomic E-state index is 0.240. The van der Waals surface area contributed by atoms with Gasteiger partial charge in [-0.15, -0.1) is 0 Å². The molecule has 1 atom stereocenters. The highest BCUT2D eigenvalue weighted by Crippen LogP contribution is 2.40. The van der Waals surface area contributed by atoms with Crippen LogP contribution in [0.2, 0.25) is 0 Å². The summed E-state index contributed by atoms with van der Waals surface area (Å²) < 4.78 is 26.3. The van der Waals surface area contributed by atoms with Gasteiger partial charge in [0.1, 0.15) is 18.4 Å². The molecular formula is C35H45NO12. The minimum Gasteiger partial charge on any atom is -0.493 e. The average Bonchev–Trinajstić information content (AvgIpc) is 3.09. The van der Waals surface area contributed by atoms with E-state index in [2.05, 4.69) is 6.58 Å². The number of Topliss-reactive ketones (excluding diaryl/α,β-unsaturated/α-hetero) is 1. The molecule has 2 N–H and O–H groups in total. The Balaban J connectivity index is 0.000000339. The van der Waals surface area contributed by atoms with Crippen molar-refractivity contribution >= 4 is 29.6 Å². The van der Waals surface area contributed by atoms with Crippen molar-refractivity contribution < 1.29 is 57.9 Å². The summed E-state index contributed by atoms with van der Waals surface area (Å²) >= 11 is 0. The molecule has 0 radical (unpaired) electrons. The molecule has 2 aromatic rings. The number of esters is 1. The summed E-state index contributed by atoms with van der Waals surface area (Å²) in [5, 5.41) is 17.8. The van der Waals surface area contributed by atoms with Crippen LogP contribution in [0.1, 0.15) is 50.7 Å². The first-order valence-electron chi connectivity index (χ1n) is 15.4.